The van der Waals surface area contributed by atoms with Crippen LogP contribution in [-0.4, -0.2) is 55.3 Å². The van der Waals surface area contributed by atoms with Crippen LogP contribution in [0.2, 0.25) is 0 Å². The van der Waals surface area contributed by atoms with Gasteiger partial charge in [-0.3, -0.25) is 4.79 Å². The van der Waals surface area contributed by atoms with Gasteiger partial charge in [-0.1, -0.05) is 6.92 Å². The predicted molar refractivity (Wildman–Crippen MR) is 63.1 cm³/mol. The van der Waals surface area contributed by atoms with Gasteiger partial charge in [0.15, 0.2) is 0 Å². The van der Waals surface area contributed by atoms with E-state index in [9.17, 15) is 4.79 Å². The Morgan fingerprint density at radius 2 is 2.33 bits per heavy atom. The molecule has 1 heterocycles. The zero-order chi connectivity index (χ0) is 11.4. The molecule has 1 fully saturated rings. The van der Waals surface area contributed by atoms with Crippen LogP contribution in [0.4, 0.5) is 0 Å². The quantitative estimate of drug-likeness (QED) is 0.682. The maximum Gasteiger partial charge on any atom is 0.226 e. The number of amides is 1. The highest BCUT2D eigenvalue weighted by Crippen LogP contribution is 2.16. The third-order valence-electron chi connectivity index (χ3n) is 3.05. The lowest BCUT2D eigenvalue weighted by atomic mass is 10.1. The van der Waals surface area contributed by atoms with Gasteiger partial charge >= 0.3 is 0 Å². The first-order valence-electron chi connectivity index (χ1n) is 5.54. The third-order valence-corrected chi connectivity index (χ3v) is 3.51. The molecule has 1 saturated heterocycles. The molecule has 15 heavy (non-hydrogen) atoms. The molecule has 1 aliphatic rings. The van der Waals surface area contributed by atoms with Crippen LogP contribution in [-0.2, 0) is 4.79 Å². The Hall–Kier alpha value is -0.280. The highest BCUT2D eigenvalue weighted by molar-refractivity contribution is 6.19. The number of hydrogen-bond donors (Lipinski definition) is 0. The largest absolute Gasteiger partial charge is 0.345 e. The van der Waals surface area contributed by atoms with E-state index in [1.54, 1.807) is 0 Å². The minimum Gasteiger partial charge on any atom is -0.345 e. The third kappa shape index (κ3) is 3.65. The molecule has 4 heteroatoms. The van der Waals surface area contributed by atoms with Crippen molar-refractivity contribution < 1.29 is 4.79 Å². The summed E-state index contributed by atoms with van der Waals surface area (Å²) in [5.41, 5.74) is 0. The lowest BCUT2D eigenvalue weighted by Crippen LogP contribution is -2.36. The maximum atomic E-state index is 11.8. The number of carbonyl (C=O) groups excluding carboxylic acids is 1. The molecule has 2 unspecified atom stereocenters. The number of nitrogens with zero attached hydrogens (tertiary/aromatic N) is 2. The van der Waals surface area contributed by atoms with Gasteiger partial charge in [0, 0.05) is 31.9 Å². The Balaban J connectivity index is 2.35. The molecule has 0 aromatic rings. The summed E-state index contributed by atoms with van der Waals surface area (Å²) in [6.45, 7) is 5.00. The summed E-state index contributed by atoms with van der Waals surface area (Å²) >= 11 is 5.68. The summed E-state index contributed by atoms with van der Waals surface area (Å²) in [7, 11) is 4.01. The summed E-state index contributed by atoms with van der Waals surface area (Å²) in [4.78, 5) is 15.9. The molecule has 0 spiro atoms. The van der Waals surface area contributed by atoms with Gasteiger partial charge in [-0.2, -0.15) is 0 Å². The summed E-state index contributed by atoms with van der Waals surface area (Å²) in [5.74, 6) is 1.15. The fourth-order valence-electron chi connectivity index (χ4n) is 2.09. The topological polar surface area (TPSA) is 23.6 Å². The van der Waals surface area contributed by atoms with E-state index >= 15 is 0 Å². The van der Waals surface area contributed by atoms with Crippen LogP contribution in [0, 0.1) is 11.8 Å². The molecule has 1 rings (SSSR count). The SMILES string of the molecule is CC(CCl)C(=O)N(C)CC1CCN(C)C1. The molecule has 88 valence electrons. The van der Waals surface area contributed by atoms with Gasteiger partial charge in [0.25, 0.3) is 0 Å². The first kappa shape index (κ1) is 12.8. The Labute approximate surface area is 97.4 Å². The predicted octanol–water partition coefficient (Wildman–Crippen LogP) is 1.27. The van der Waals surface area contributed by atoms with Crippen molar-refractivity contribution in [3.8, 4) is 0 Å². The second-order valence-corrected chi connectivity index (χ2v) is 5.00. The number of carbonyl (C=O) groups is 1. The van der Waals surface area contributed by atoms with Crippen molar-refractivity contribution in [2.45, 2.75) is 13.3 Å². The number of alkyl halides is 1. The van der Waals surface area contributed by atoms with Crippen LogP contribution in [0.1, 0.15) is 13.3 Å². The first-order chi connectivity index (χ1) is 7.04. The van der Waals surface area contributed by atoms with Crippen molar-refractivity contribution in [1.29, 1.82) is 0 Å². The van der Waals surface area contributed by atoms with E-state index in [1.165, 1.54) is 6.42 Å². The molecule has 0 aliphatic carbocycles. The number of likely N-dealkylation sites (tertiary alicyclic amines) is 1. The second-order valence-electron chi connectivity index (χ2n) is 4.69. The first-order valence-corrected chi connectivity index (χ1v) is 6.07. The van der Waals surface area contributed by atoms with E-state index < -0.39 is 0 Å². The monoisotopic (exact) mass is 232 g/mol. The minimum atomic E-state index is -0.0594. The van der Waals surface area contributed by atoms with Crippen molar-refractivity contribution in [2.75, 3.05) is 39.6 Å². The van der Waals surface area contributed by atoms with Crippen LogP contribution in [0.25, 0.3) is 0 Å². The summed E-state index contributed by atoms with van der Waals surface area (Å²) < 4.78 is 0. The molecule has 1 aliphatic heterocycles. The van der Waals surface area contributed by atoms with Crippen LogP contribution in [0.15, 0.2) is 0 Å². The van der Waals surface area contributed by atoms with Gasteiger partial charge in [-0.05, 0) is 25.9 Å². The van der Waals surface area contributed by atoms with Crippen molar-refractivity contribution in [2.24, 2.45) is 11.8 Å². The molecular weight excluding hydrogens is 212 g/mol. The molecular formula is C11H21ClN2O. The van der Waals surface area contributed by atoms with Crippen molar-refractivity contribution in [3.63, 3.8) is 0 Å². The van der Waals surface area contributed by atoms with Crippen molar-refractivity contribution >= 4 is 17.5 Å². The fourth-order valence-corrected chi connectivity index (χ4v) is 2.23. The molecule has 0 bridgehead atoms. The zero-order valence-corrected chi connectivity index (χ0v) is 10.6. The molecule has 3 nitrogen and oxygen atoms in total. The van der Waals surface area contributed by atoms with Gasteiger partial charge in [0.2, 0.25) is 5.91 Å². The fraction of sp³-hybridized carbons (Fsp3) is 0.909. The summed E-state index contributed by atoms with van der Waals surface area (Å²) in [6, 6.07) is 0. The number of rotatable bonds is 4. The lowest BCUT2D eigenvalue weighted by molar-refractivity contribution is -0.133. The molecule has 0 saturated carbocycles. The maximum absolute atomic E-state index is 11.8. The highest BCUT2D eigenvalue weighted by Gasteiger charge is 2.24. The average Bonchev–Trinajstić information content (AvgIpc) is 2.61. The van der Waals surface area contributed by atoms with Crippen LogP contribution in [0.5, 0.6) is 0 Å². The normalized spacial score (nSPS) is 24.1. The van der Waals surface area contributed by atoms with Gasteiger partial charge in [0.05, 0.1) is 0 Å². The molecule has 0 N–H and O–H groups in total. The second kappa shape index (κ2) is 5.71. The lowest BCUT2D eigenvalue weighted by Gasteiger charge is -2.23. The minimum absolute atomic E-state index is 0.0594. The van der Waals surface area contributed by atoms with Crippen LogP contribution >= 0.6 is 11.6 Å². The van der Waals surface area contributed by atoms with E-state index in [0.717, 1.165) is 19.6 Å². The molecule has 2 atom stereocenters. The van der Waals surface area contributed by atoms with E-state index in [0.29, 0.717) is 11.8 Å². The van der Waals surface area contributed by atoms with Crippen LogP contribution in [0.3, 0.4) is 0 Å². The highest BCUT2D eigenvalue weighted by atomic mass is 35.5. The zero-order valence-electron chi connectivity index (χ0n) is 9.87. The summed E-state index contributed by atoms with van der Waals surface area (Å²) in [5, 5.41) is 0. The Morgan fingerprint density at radius 3 is 2.80 bits per heavy atom. The van der Waals surface area contributed by atoms with E-state index in [4.69, 9.17) is 11.6 Å². The Bertz CT molecular complexity index is 223. The molecule has 0 radical (unpaired) electrons. The van der Waals surface area contributed by atoms with Gasteiger partial charge in [-0.25, -0.2) is 0 Å². The van der Waals surface area contributed by atoms with Crippen LogP contribution < -0.4 is 0 Å². The van der Waals surface area contributed by atoms with Crippen molar-refractivity contribution in [1.82, 2.24) is 9.80 Å². The Kier molecular flexibility index (Phi) is 4.87. The van der Waals surface area contributed by atoms with Crippen molar-refractivity contribution in [3.05, 3.63) is 0 Å². The molecule has 1 amide bonds. The Morgan fingerprint density at radius 1 is 1.67 bits per heavy atom. The van der Waals surface area contributed by atoms with Gasteiger partial charge in [-0.15, -0.1) is 11.6 Å². The van der Waals surface area contributed by atoms with Gasteiger partial charge < -0.3 is 9.80 Å². The molecule has 0 aromatic heterocycles. The number of halogens is 1. The van der Waals surface area contributed by atoms with E-state index in [2.05, 4.69) is 11.9 Å². The standard InChI is InChI=1S/C11H21ClN2O/c1-9(6-12)11(15)14(3)8-10-4-5-13(2)7-10/h9-10H,4-8H2,1-3H3. The average molecular weight is 233 g/mol. The van der Waals surface area contributed by atoms with E-state index in [1.807, 2.05) is 18.9 Å². The molecule has 0 aromatic carbocycles. The smallest absolute Gasteiger partial charge is 0.226 e. The van der Waals surface area contributed by atoms with E-state index in [-0.39, 0.29) is 11.8 Å². The van der Waals surface area contributed by atoms with Gasteiger partial charge in [0.1, 0.15) is 0 Å². The number of hydrogen-bond acceptors (Lipinski definition) is 2. The summed E-state index contributed by atoms with van der Waals surface area (Å²) in [6.07, 6.45) is 1.20.